The van der Waals surface area contributed by atoms with Gasteiger partial charge in [0, 0.05) is 18.7 Å². The monoisotopic (exact) mass is 199 g/mol. The minimum atomic E-state index is -0.0640. The summed E-state index contributed by atoms with van der Waals surface area (Å²) in [6, 6.07) is 0. The van der Waals surface area contributed by atoms with Gasteiger partial charge in [-0.2, -0.15) is 0 Å². The highest BCUT2D eigenvalue weighted by Crippen LogP contribution is 2.31. The summed E-state index contributed by atoms with van der Waals surface area (Å²) in [5, 5.41) is 12.6. The minimum absolute atomic E-state index is 0.0640. The molecule has 0 aromatic carbocycles. The van der Waals surface area contributed by atoms with E-state index in [9.17, 15) is 5.11 Å². The molecule has 2 aliphatic heterocycles. The number of rotatable bonds is 2. The van der Waals surface area contributed by atoms with Crippen LogP contribution in [0.15, 0.2) is 0 Å². The third-order valence-electron chi connectivity index (χ3n) is 3.59. The lowest BCUT2D eigenvalue weighted by Crippen LogP contribution is -2.39. The molecule has 0 saturated carbocycles. The molecule has 3 atom stereocenters. The van der Waals surface area contributed by atoms with Gasteiger partial charge in [-0.3, -0.25) is 0 Å². The van der Waals surface area contributed by atoms with Crippen LogP contribution in [-0.4, -0.2) is 36.5 Å². The first-order valence-corrected chi connectivity index (χ1v) is 5.71. The molecule has 0 aromatic rings. The summed E-state index contributed by atoms with van der Waals surface area (Å²) >= 11 is 0. The third-order valence-corrected chi connectivity index (χ3v) is 3.59. The Morgan fingerprint density at radius 3 is 2.93 bits per heavy atom. The largest absolute Gasteiger partial charge is 0.394 e. The van der Waals surface area contributed by atoms with Crippen LogP contribution in [0.25, 0.3) is 0 Å². The Morgan fingerprint density at radius 2 is 2.36 bits per heavy atom. The molecule has 2 saturated heterocycles. The second-order valence-corrected chi connectivity index (χ2v) is 4.97. The van der Waals surface area contributed by atoms with Crippen LogP contribution >= 0.6 is 0 Å². The summed E-state index contributed by atoms with van der Waals surface area (Å²) in [5.74, 6) is 0.604. The van der Waals surface area contributed by atoms with E-state index in [1.807, 2.05) is 0 Å². The molecule has 82 valence electrons. The van der Waals surface area contributed by atoms with Gasteiger partial charge in [-0.25, -0.2) is 0 Å². The first kappa shape index (κ1) is 10.4. The zero-order chi connectivity index (χ0) is 10.0. The van der Waals surface area contributed by atoms with Gasteiger partial charge in [-0.05, 0) is 38.5 Å². The molecule has 2 rings (SSSR count). The van der Waals surface area contributed by atoms with E-state index in [1.165, 1.54) is 19.3 Å². The number of ether oxygens (including phenoxy) is 1. The molecule has 0 spiro atoms. The summed E-state index contributed by atoms with van der Waals surface area (Å²) in [6.45, 7) is 4.25. The maximum absolute atomic E-state index is 9.24. The smallest absolute Gasteiger partial charge is 0.0616 e. The molecule has 0 bridgehead atoms. The average molecular weight is 199 g/mol. The van der Waals surface area contributed by atoms with Gasteiger partial charge in [0.2, 0.25) is 0 Å². The third kappa shape index (κ3) is 2.10. The molecule has 3 nitrogen and oxygen atoms in total. The van der Waals surface area contributed by atoms with Gasteiger partial charge in [0.25, 0.3) is 0 Å². The van der Waals surface area contributed by atoms with Gasteiger partial charge in [0.1, 0.15) is 0 Å². The highest BCUT2D eigenvalue weighted by atomic mass is 16.5. The summed E-state index contributed by atoms with van der Waals surface area (Å²) < 4.78 is 5.78. The molecule has 3 unspecified atom stereocenters. The fraction of sp³-hybridized carbons (Fsp3) is 1.00. The SMILES string of the molecule is CC1(CO)CC(C2CCCCO2)CN1. The molecule has 2 aliphatic rings. The number of aliphatic hydroxyl groups is 1. The van der Waals surface area contributed by atoms with Crippen LogP contribution in [0.4, 0.5) is 0 Å². The van der Waals surface area contributed by atoms with E-state index in [0.29, 0.717) is 12.0 Å². The molecular weight excluding hydrogens is 178 g/mol. The Bertz CT molecular complexity index is 192. The zero-order valence-electron chi connectivity index (χ0n) is 8.96. The van der Waals surface area contributed by atoms with Crippen LogP contribution in [0, 0.1) is 5.92 Å². The van der Waals surface area contributed by atoms with Crippen molar-refractivity contribution in [2.75, 3.05) is 19.8 Å². The lowest BCUT2D eigenvalue weighted by atomic mass is 9.89. The van der Waals surface area contributed by atoms with Crippen molar-refractivity contribution in [2.24, 2.45) is 5.92 Å². The molecular formula is C11H21NO2. The summed E-state index contributed by atoms with van der Waals surface area (Å²) in [6.07, 6.45) is 5.21. The van der Waals surface area contributed by atoms with Gasteiger partial charge in [0.15, 0.2) is 0 Å². The second kappa shape index (κ2) is 4.17. The Kier molecular flexibility index (Phi) is 3.10. The van der Waals surface area contributed by atoms with E-state index >= 15 is 0 Å². The van der Waals surface area contributed by atoms with Crippen LogP contribution in [-0.2, 0) is 4.74 Å². The topological polar surface area (TPSA) is 41.5 Å². The summed E-state index contributed by atoms with van der Waals surface area (Å²) in [5.41, 5.74) is -0.0640. The van der Waals surface area contributed by atoms with E-state index < -0.39 is 0 Å². The Balaban J connectivity index is 1.88. The maximum atomic E-state index is 9.24. The van der Waals surface area contributed by atoms with Crippen molar-refractivity contribution in [3.05, 3.63) is 0 Å². The molecule has 0 aliphatic carbocycles. The van der Waals surface area contributed by atoms with E-state index in [-0.39, 0.29) is 12.1 Å². The van der Waals surface area contributed by atoms with Crippen molar-refractivity contribution in [1.29, 1.82) is 0 Å². The Morgan fingerprint density at radius 1 is 1.50 bits per heavy atom. The predicted molar refractivity (Wildman–Crippen MR) is 55.2 cm³/mol. The number of hydrogen-bond acceptors (Lipinski definition) is 3. The molecule has 0 radical (unpaired) electrons. The lowest BCUT2D eigenvalue weighted by molar-refractivity contribution is -0.0179. The number of aliphatic hydroxyl groups excluding tert-OH is 1. The van der Waals surface area contributed by atoms with Crippen LogP contribution in [0.5, 0.6) is 0 Å². The average Bonchev–Trinajstić information content (AvgIpc) is 2.63. The standard InChI is InChI=1S/C11H21NO2/c1-11(8-13)6-9(7-12-11)10-4-2-3-5-14-10/h9-10,12-13H,2-8H2,1H3. The van der Waals surface area contributed by atoms with E-state index in [4.69, 9.17) is 4.74 Å². The molecule has 14 heavy (non-hydrogen) atoms. The Labute approximate surface area is 85.8 Å². The second-order valence-electron chi connectivity index (χ2n) is 4.97. The van der Waals surface area contributed by atoms with Crippen LogP contribution in [0.2, 0.25) is 0 Å². The van der Waals surface area contributed by atoms with Crippen molar-refractivity contribution in [2.45, 2.75) is 44.2 Å². The van der Waals surface area contributed by atoms with Crippen LogP contribution in [0.1, 0.15) is 32.6 Å². The van der Waals surface area contributed by atoms with Crippen molar-refractivity contribution in [3.8, 4) is 0 Å². The highest BCUT2D eigenvalue weighted by molar-refractivity contribution is 4.95. The number of hydrogen-bond donors (Lipinski definition) is 2. The van der Waals surface area contributed by atoms with Crippen molar-refractivity contribution in [3.63, 3.8) is 0 Å². The van der Waals surface area contributed by atoms with Gasteiger partial charge >= 0.3 is 0 Å². The number of nitrogens with one attached hydrogen (secondary N) is 1. The highest BCUT2D eigenvalue weighted by Gasteiger charge is 2.38. The summed E-state index contributed by atoms with van der Waals surface area (Å²) in [4.78, 5) is 0. The van der Waals surface area contributed by atoms with Crippen LogP contribution < -0.4 is 5.32 Å². The van der Waals surface area contributed by atoms with E-state index in [1.54, 1.807) is 0 Å². The minimum Gasteiger partial charge on any atom is -0.394 e. The van der Waals surface area contributed by atoms with Gasteiger partial charge in [0.05, 0.1) is 12.7 Å². The van der Waals surface area contributed by atoms with Gasteiger partial charge in [-0.15, -0.1) is 0 Å². The van der Waals surface area contributed by atoms with Gasteiger partial charge < -0.3 is 15.2 Å². The lowest BCUT2D eigenvalue weighted by Gasteiger charge is -2.28. The molecule has 2 N–H and O–H groups in total. The van der Waals surface area contributed by atoms with E-state index in [0.717, 1.165) is 19.6 Å². The van der Waals surface area contributed by atoms with Crippen molar-refractivity contribution < 1.29 is 9.84 Å². The van der Waals surface area contributed by atoms with Crippen LogP contribution in [0.3, 0.4) is 0 Å². The predicted octanol–water partition coefficient (Wildman–Crippen LogP) is 0.916. The van der Waals surface area contributed by atoms with E-state index in [2.05, 4.69) is 12.2 Å². The molecule has 2 heterocycles. The fourth-order valence-corrected chi connectivity index (χ4v) is 2.62. The zero-order valence-corrected chi connectivity index (χ0v) is 8.96. The Hall–Kier alpha value is -0.120. The first-order chi connectivity index (χ1) is 6.73. The molecule has 3 heteroatoms. The van der Waals surface area contributed by atoms with Gasteiger partial charge in [-0.1, -0.05) is 0 Å². The summed E-state index contributed by atoms with van der Waals surface area (Å²) in [7, 11) is 0. The first-order valence-electron chi connectivity index (χ1n) is 5.71. The van der Waals surface area contributed by atoms with Crippen molar-refractivity contribution in [1.82, 2.24) is 5.32 Å². The molecule has 2 fully saturated rings. The quantitative estimate of drug-likeness (QED) is 0.695. The molecule has 0 aromatic heterocycles. The van der Waals surface area contributed by atoms with Crippen molar-refractivity contribution >= 4 is 0 Å². The maximum Gasteiger partial charge on any atom is 0.0616 e. The normalized spacial score (nSPS) is 44.1. The molecule has 0 amide bonds. The fourth-order valence-electron chi connectivity index (χ4n) is 2.62.